The molecule has 3 aromatic rings. The van der Waals surface area contributed by atoms with Crippen molar-refractivity contribution in [2.75, 3.05) is 25.5 Å². The summed E-state index contributed by atoms with van der Waals surface area (Å²) >= 11 is 1.67. The van der Waals surface area contributed by atoms with Gasteiger partial charge >= 0.3 is 6.09 Å². The maximum absolute atomic E-state index is 11.6. The fraction of sp³-hybridized carbons (Fsp3) is 0.385. The summed E-state index contributed by atoms with van der Waals surface area (Å²) in [6.07, 6.45) is -0.0248. The Bertz CT molecular complexity index is 1120. The average molecular weight is 528 g/mol. The van der Waals surface area contributed by atoms with E-state index >= 15 is 0 Å². The molecular formula is C26H33N5O5S. The number of benzene rings is 2. The van der Waals surface area contributed by atoms with Gasteiger partial charge in [0.15, 0.2) is 5.96 Å². The van der Waals surface area contributed by atoms with Gasteiger partial charge in [-0.3, -0.25) is 10.7 Å². The van der Waals surface area contributed by atoms with Crippen LogP contribution in [0.5, 0.6) is 11.5 Å². The van der Waals surface area contributed by atoms with E-state index in [1.54, 1.807) is 32.5 Å². The van der Waals surface area contributed by atoms with Crippen molar-refractivity contribution in [1.82, 2.24) is 20.8 Å². The number of ether oxygens (including phenoxy) is 3. The van der Waals surface area contributed by atoms with E-state index < -0.39 is 11.7 Å². The van der Waals surface area contributed by atoms with Gasteiger partial charge in [0.2, 0.25) is 11.8 Å². The molecule has 2 aromatic carbocycles. The van der Waals surface area contributed by atoms with Gasteiger partial charge in [-0.15, -0.1) is 22.0 Å². The summed E-state index contributed by atoms with van der Waals surface area (Å²) in [6, 6.07) is 17.1. The van der Waals surface area contributed by atoms with Crippen LogP contribution in [0.2, 0.25) is 0 Å². The largest absolute Gasteiger partial charge is 0.494 e. The van der Waals surface area contributed by atoms with E-state index in [1.165, 1.54) is 0 Å². The van der Waals surface area contributed by atoms with E-state index in [0.29, 0.717) is 49.5 Å². The standard InChI is InChI=1S/C26H33N5O5S/c1-26(2,3)36-25(32)29-24(27)28-14-7-15-33-21-12-10-19(11-13-21)23-31-30-22(35-23)18-37-17-16-34-20-8-5-4-6-9-20/h4-6,8-13H,7,14-18H2,1-3H3,(H3,27,28,29,32). The van der Waals surface area contributed by atoms with E-state index in [0.717, 1.165) is 17.1 Å². The van der Waals surface area contributed by atoms with Crippen LogP contribution in [-0.4, -0.2) is 53.4 Å². The molecule has 0 radical (unpaired) electrons. The van der Waals surface area contributed by atoms with Gasteiger partial charge < -0.3 is 23.9 Å². The zero-order chi connectivity index (χ0) is 26.5. The van der Waals surface area contributed by atoms with Crippen LogP contribution in [0.3, 0.4) is 0 Å². The number of guanidine groups is 1. The smallest absolute Gasteiger partial charge is 0.414 e. The van der Waals surface area contributed by atoms with Gasteiger partial charge in [0.1, 0.15) is 17.1 Å². The number of alkyl carbamates (subject to hydrolysis) is 1. The van der Waals surface area contributed by atoms with Crippen LogP contribution in [0.4, 0.5) is 4.79 Å². The van der Waals surface area contributed by atoms with Crippen molar-refractivity contribution in [3.8, 4) is 23.0 Å². The highest BCUT2D eigenvalue weighted by molar-refractivity contribution is 7.98. The van der Waals surface area contributed by atoms with Crippen LogP contribution in [0, 0.1) is 5.41 Å². The second kappa shape index (κ2) is 14.1. The van der Waals surface area contributed by atoms with Crippen LogP contribution in [0.15, 0.2) is 59.0 Å². The summed E-state index contributed by atoms with van der Waals surface area (Å²) in [4.78, 5) is 11.6. The Balaban J connectivity index is 1.30. The first-order valence-electron chi connectivity index (χ1n) is 11.9. The number of hydrogen-bond donors (Lipinski definition) is 3. The lowest BCUT2D eigenvalue weighted by Gasteiger charge is -2.20. The maximum Gasteiger partial charge on any atom is 0.414 e. The van der Waals surface area contributed by atoms with Crippen LogP contribution in [0.1, 0.15) is 33.1 Å². The predicted octanol–water partition coefficient (Wildman–Crippen LogP) is 4.87. The topological polar surface area (TPSA) is 132 Å². The Morgan fingerprint density at radius 2 is 1.70 bits per heavy atom. The van der Waals surface area contributed by atoms with Gasteiger partial charge in [-0.25, -0.2) is 4.79 Å². The number of para-hydroxylation sites is 1. The van der Waals surface area contributed by atoms with Gasteiger partial charge in [0.25, 0.3) is 0 Å². The molecule has 1 amide bonds. The summed E-state index contributed by atoms with van der Waals surface area (Å²) < 4.78 is 22.3. The molecule has 0 aliphatic heterocycles. The lowest BCUT2D eigenvalue weighted by Crippen LogP contribution is -2.43. The third kappa shape index (κ3) is 10.8. The third-order valence-corrected chi connectivity index (χ3v) is 5.46. The molecule has 0 aliphatic carbocycles. The Hall–Kier alpha value is -3.73. The van der Waals surface area contributed by atoms with Crippen molar-refractivity contribution in [2.24, 2.45) is 0 Å². The van der Waals surface area contributed by atoms with E-state index in [2.05, 4.69) is 20.8 Å². The van der Waals surface area contributed by atoms with Crippen LogP contribution in [-0.2, 0) is 10.5 Å². The molecule has 37 heavy (non-hydrogen) atoms. The fourth-order valence-corrected chi connectivity index (χ4v) is 3.58. The lowest BCUT2D eigenvalue weighted by atomic mass is 10.2. The lowest BCUT2D eigenvalue weighted by molar-refractivity contribution is 0.0561. The third-order valence-electron chi connectivity index (χ3n) is 4.55. The van der Waals surface area contributed by atoms with Gasteiger partial charge in [-0.05, 0) is 63.6 Å². The second-order valence-corrected chi connectivity index (χ2v) is 9.98. The summed E-state index contributed by atoms with van der Waals surface area (Å²) in [7, 11) is 0. The molecule has 0 atom stereocenters. The molecule has 1 aromatic heterocycles. The summed E-state index contributed by atoms with van der Waals surface area (Å²) in [5, 5.41) is 21.1. The zero-order valence-corrected chi connectivity index (χ0v) is 22.1. The predicted molar refractivity (Wildman–Crippen MR) is 143 cm³/mol. The van der Waals surface area contributed by atoms with Crippen LogP contribution in [0.25, 0.3) is 11.5 Å². The molecule has 3 rings (SSSR count). The first kappa shape index (κ1) is 27.9. The minimum atomic E-state index is -0.665. The normalized spacial score (nSPS) is 11.0. The number of aromatic nitrogens is 2. The molecule has 0 unspecified atom stereocenters. The first-order chi connectivity index (χ1) is 17.8. The quantitative estimate of drug-likeness (QED) is 0.171. The van der Waals surface area contributed by atoms with Gasteiger partial charge in [0, 0.05) is 17.9 Å². The molecular weight excluding hydrogens is 494 g/mol. The Morgan fingerprint density at radius 3 is 2.43 bits per heavy atom. The second-order valence-electron chi connectivity index (χ2n) is 8.87. The molecule has 0 saturated heterocycles. The number of thioether (sulfide) groups is 1. The highest BCUT2D eigenvalue weighted by atomic mass is 32.2. The number of nitrogens with zero attached hydrogens (tertiary/aromatic N) is 2. The molecule has 0 fully saturated rings. The van der Waals surface area contributed by atoms with Crippen LogP contribution >= 0.6 is 11.8 Å². The number of amides is 1. The Labute approximate surface area is 221 Å². The van der Waals surface area contributed by atoms with Gasteiger partial charge in [-0.2, -0.15) is 0 Å². The molecule has 0 bridgehead atoms. The molecule has 3 N–H and O–H groups in total. The minimum Gasteiger partial charge on any atom is -0.494 e. The van der Waals surface area contributed by atoms with Crippen molar-refractivity contribution in [1.29, 1.82) is 5.41 Å². The van der Waals surface area contributed by atoms with Crippen molar-refractivity contribution in [3.63, 3.8) is 0 Å². The van der Waals surface area contributed by atoms with Crippen molar-refractivity contribution < 1.29 is 23.4 Å². The highest BCUT2D eigenvalue weighted by Gasteiger charge is 2.16. The fourth-order valence-electron chi connectivity index (χ4n) is 2.94. The number of hydrogen-bond acceptors (Lipinski definition) is 9. The molecule has 0 aliphatic rings. The van der Waals surface area contributed by atoms with E-state index in [4.69, 9.17) is 24.0 Å². The molecule has 11 heteroatoms. The molecule has 1 heterocycles. The summed E-state index contributed by atoms with van der Waals surface area (Å²) in [5.74, 6) is 3.92. The SMILES string of the molecule is CC(C)(C)OC(=O)NC(=N)NCCCOc1ccc(-c2nnc(CSCCOc3ccccc3)o2)cc1. The molecule has 10 nitrogen and oxygen atoms in total. The monoisotopic (exact) mass is 527 g/mol. The van der Waals surface area contributed by atoms with E-state index in [-0.39, 0.29) is 5.96 Å². The Morgan fingerprint density at radius 1 is 1.00 bits per heavy atom. The first-order valence-corrected chi connectivity index (χ1v) is 13.1. The highest BCUT2D eigenvalue weighted by Crippen LogP contribution is 2.23. The Kier molecular flexibility index (Phi) is 10.6. The minimum absolute atomic E-state index is 0.114. The number of nitrogens with one attached hydrogen (secondary N) is 3. The van der Waals surface area contributed by atoms with Gasteiger partial charge in [0.05, 0.1) is 19.0 Å². The maximum atomic E-state index is 11.6. The summed E-state index contributed by atoms with van der Waals surface area (Å²) in [5.41, 5.74) is 0.198. The van der Waals surface area contributed by atoms with E-state index in [1.807, 2.05) is 54.6 Å². The van der Waals surface area contributed by atoms with Crippen molar-refractivity contribution in [2.45, 2.75) is 38.5 Å². The molecule has 0 spiro atoms. The zero-order valence-electron chi connectivity index (χ0n) is 21.3. The summed E-state index contributed by atoms with van der Waals surface area (Å²) in [6.45, 7) is 6.81. The molecule has 198 valence electrons. The number of rotatable bonds is 12. The van der Waals surface area contributed by atoms with Gasteiger partial charge in [-0.1, -0.05) is 18.2 Å². The van der Waals surface area contributed by atoms with E-state index in [9.17, 15) is 4.79 Å². The van der Waals surface area contributed by atoms with Crippen molar-refractivity contribution >= 4 is 23.8 Å². The average Bonchev–Trinajstić information content (AvgIpc) is 3.32. The number of carbonyl (C=O) groups excluding carboxylic acids is 1. The van der Waals surface area contributed by atoms with Crippen LogP contribution < -0.4 is 20.1 Å². The number of carbonyl (C=O) groups is 1. The molecule has 0 saturated carbocycles. The van der Waals surface area contributed by atoms with Crippen molar-refractivity contribution in [3.05, 3.63) is 60.5 Å².